The van der Waals surface area contributed by atoms with Gasteiger partial charge in [0.15, 0.2) is 5.16 Å². The number of carbonyl (C=O) groups is 1. The highest BCUT2D eigenvalue weighted by Crippen LogP contribution is 2.21. The molecule has 5 nitrogen and oxygen atoms in total. The molecule has 1 amide bonds. The summed E-state index contributed by atoms with van der Waals surface area (Å²) in [5.74, 6) is 0.113. The van der Waals surface area contributed by atoms with Crippen LogP contribution in [0.15, 0.2) is 28.2 Å². The Morgan fingerprint density at radius 1 is 1.35 bits per heavy atom. The number of amides is 1. The molecule has 6 heteroatoms. The van der Waals surface area contributed by atoms with Crippen molar-refractivity contribution in [3.05, 3.63) is 50.9 Å². The van der Waals surface area contributed by atoms with E-state index in [1.165, 1.54) is 11.8 Å². The molecule has 0 fully saturated rings. The average Bonchev–Trinajstić information content (AvgIpc) is 2.99. The molecule has 1 aromatic heterocycles. The van der Waals surface area contributed by atoms with Crippen LogP contribution >= 0.6 is 11.8 Å². The summed E-state index contributed by atoms with van der Waals surface area (Å²) in [5.41, 5.74) is 4.64. The number of fused-ring (bicyclic) bond motifs is 1. The second-order valence-corrected chi connectivity index (χ2v) is 6.70. The average molecular weight is 329 g/mol. The second-order valence-electron chi connectivity index (χ2n) is 5.73. The second kappa shape index (κ2) is 6.58. The van der Waals surface area contributed by atoms with E-state index in [1.807, 2.05) is 32.0 Å². The van der Waals surface area contributed by atoms with Crippen molar-refractivity contribution in [2.24, 2.45) is 0 Å². The molecule has 0 aliphatic heterocycles. The number of nitrogens with one attached hydrogen (secondary N) is 2. The third-order valence-electron chi connectivity index (χ3n) is 4.14. The molecule has 0 bridgehead atoms. The van der Waals surface area contributed by atoms with Gasteiger partial charge < -0.3 is 10.3 Å². The van der Waals surface area contributed by atoms with Gasteiger partial charge in [0.05, 0.1) is 11.4 Å². The van der Waals surface area contributed by atoms with Crippen LogP contribution in [0.5, 0.6) is 0 Å². The van der Waals surface area contributed by atoms with Gasteiger partial charge in [-0.3, -0.25) is 9.59 Å². The van der Waals surface area contributed by atoms with Crippen molar-refractivity contribution in [3.63, 3.8) is 0 Å². The SMILES string of the molecule is Cc1cccc(NC(=O)CSc2nc3c(c(=O)[nH]2)CCC3)c1C. The molecular formula is C17H19N3O2S. The Hall–Kier alpha value is -2.08. The minimum Gasteiger partial charge on any atom is -0.325 e. The van der Waals surface area contributed by atoms with Gasteiger partial charge in [-0.15, -0.1) is 0 Å². The topological polar surface area (TPSA) is 74.8 Å². The molecule has 0 saturated carbocycles. The fraction of sp³-hybridized carbons (Fsp3) is 0.353. The molecule has 0 unspecified atom stereocenters. The predicted molar refractivity (Wildman–Crippen MR) is 92.2 cm³/mol. The first-order chi connectivity index (χ1) is 11.0. The smallest absolute Gasteiger partial charge is 0.254 e. The minimum absolute atomic E-state index is 0.0649. The molecule has 2 N–H and O–H groups in total. The van der Waals surface area contributed by atoms with Crippen LogP contribution < -0.4 is 10.9 Å². The Bertz CT molecular complexity index is 814. The van der Waals surface area contributed by atoms with Gasteiger partial charge in [-0.25, -0.2) is 4.98 Å². The number of aromatic nitrogens is 2. The van der Waals surface area contributed by atoms with Crippen LogP contribution in [0.25, 0.3) is 0 Å². The van der Waals surface area contributed by atoms with Gasteiger partial charge in [0.25, 0.3) is 5.56 Å². The first kappa shape index (κ1) is 15.8. The third-order valence-corrected chi connectivity index (χ3v) is 5.01. The van der Waals surface area contributed by atoms with Crippen LogP contribution in [-0.4, -0.2) is 21.6 Å². The van der Waals surface area contributed by atoms with Crippen molar-refractivity contribution in [2.75, 3.05) is 11.1 Å². The molecular weight excluding hydrogens is 310 g/mol. The number of H-pyrrole nitrogens is 1. The normalized spacial score (nSPS) is 13.0. The van der Waals surface area contributed by atoms with E-state index < -0.39 is 0 Å². The summed E-state index contributed by atoms with van der Waals surface area (Å²) in [6.07, 6.45) is 2.63. The highest BCUT2D eigenvalue weighted by atomic mass is 32.2. The van der Waals surface area contributed by atoms with Gasteiger partial charge >= 0.3 is 0 Å². The molecule has 0 radical (unpaired) electrons. The van der Waals surface area contributed by atoms with E-state index in [1.54, 1.807) is 0 Å². The number of benzene rings is 1. The van der Waals surface area contributed by atoms with E-state index in [-0.39, 0.29) is 17.2 Å². The maximum absolute atomic E-state index is 12.1. The predicted octanol–water partition coefficient (Wildman–Crippen LogP) is 2.61. The van der Waals surface area contributed by atoms with E-state index in [0.717, 1.165) is 47.3 Å². The molecule has 2 aromatic rings. The minimum atomic E-state index is -0.105. The molecule has 1 heterocycles. The maximum atomic E-state index is 12.1. The summed E-state index contributed by atoms with van der Waals surface area (Å²) in [4.78, 5) is 31.3. The standard InChI is InChI=1S/C17H19N3O2S/c1-10-5-3-7-13(11(10)2)18-15(21)9-23-17-19-14-8-4-6-12(14)16(22)20-17/h3,5,7H,4,6,8-9H2,1-2H3,(H,18,21)(H,19,20,22). The summed E-state index contributed by atoms with van der Waals surface area (Å²) >= 11 is 1.26. The number of aromatic amines is 1. The van der Waals surface area contributed by atoms with Crippen LogP contribution in [0.1, 0.15) is 28.8 Å². The van der Waals surface area contributed by atoms with Crippen LogP contribution in [0.3, 0.4) is 0 Å². The van der Waals surface area contributed by atoms with Crippen LogP contribution in [0.2, 0.25) is 0 Å². The zero-order chi connectivity index (χ0) is 16.4. The summed E-state index contributed by atoms with van der Waals surface area (Å²) in [7, 11) is 0. The Labute approximate surface area is 138 Å². The zero-order valence-electron chi connectivity index (χ0n) is 13.2. The van der Waals surface area contributed by atoms with Crippen molar-refractivity contribution in [1.29, 1.82) is 0 Å². The highest BCUT2D eigenvalue weighted by Gasteiger charge is 2.17. The summed E-state index contributed by atoms with van der Waals surface area (Å²) in [5, 5.41) is 3.43. The lowest BCUT2D eigenvalue weighted by Crippen LogP contribution is -2.18. The molecule has 0 atom stereocenters. The largest absolute Gasteiger partial charge is 0.325 e. The molecule has 23 heavy (non-hydrogen) atoms. The number of anilines is 1. The van der Waals surface area contributed by atoms with Crippen LogP contribution in [0, 0.1) is 13.8 Å². The Morgan fingerprint density at radius 2 is 2.17 bits per heavy atom. The van der Waals surface area contributed by atoms with Gasteiger partial charge in [-0.2, -0.15) is 0 Å². The molecule has 1 aliphatic rings. The highest BCUT2D eigenvalue weighted by molar-refractivity contribution is 7.99. The van der Waals surface area contributed by atoms with E-state index in [4.69, 9.17) is 0 Å². The summed E-state index contributed by atoms with van der Waals surface area (Å²) in [6, 6.07) is 5.82. The van der Waals surface area contributed by atoms with Crippen LogP contribution in [-0.2, 0) is 17.6 Å². The Balaban J connectivity index is 1.64. The quantitative estimate of drug-likeness (QED) is 0.668. The van der Waals surface area contributed by atoms with Gasteiger partial charge in [0.1, 0.15) is 0 Å². The van der Waals surface area contributed by atoms with E-state index in [9.17, 15) is 9.59 Å². The number of carbonyl (C=O) groups excluding carboxylic acids is 1. The van der Waals surface area contributed by atoms with E-state index in [2.05, 4.69) is 15.3 Å². The van der Waals surface area contributed by atoms with Gasteiger partial charge in [-0.1, -0.05) is 23.9 Å². The fourth-order valence-corrected chi connectivity index (χ4v) is 3.37. The molecule has 3 rings (SSSR count). The number of hydrogen-bond donors (Lipinski definition) is 2. The number of hydrogen-bond acceptors (Lipinski definition) is 4. The zero-order valence-corrected chi connectivity index (χ0v) is 14.0. The molecule has 0 spiro atoms. The van der Waals surface area contributed by atoms with Gasteiger partial charge in [-0.05, 0) is 50.3 Å². The number of rotatable bonds is 4. The molecule has 1 aromatic carbocycles. The lowest BCUT2D eigenvalue weighted by atomic mass is 10.1. The lowest BCUT2D eigenvalue weighted by molar-refractivity contribution is -0.113. The number of nitrogens with zero attached hydrogens (tertiary/aromatic N) is 1. The van der Waals surface area contributed by atoms with Crippen molar-refractivity contribution >= 4 is 23.4 Å². The van der Waals surface area contributed by atoms with E-state index in [0.29, 0.717) is 5.16 Å². The van der Waals surface area contributed by atoms with E-state index >= 15 is 0 Å². The van der Waals surface area contributed by atoms with Crippen molar-refractivity contribution in [2.45, 2.75) is 38.3 Å². The lowest BCUT2D eigenvalue weighted by Gasteiger charge is -2.10. The fourth-order valence-electron chi connectivity index (χ4n) is 2.69. The van der Waals surface area contributed by atoms with Crippen LogP contribution in [0.4, 0.5) is 5.69 Å². The van der Waals surface area contributed by atoms with Crippen molar-refractivity contribution < 1.29 is 4.79 Å². The first-order valence-corrected chi connectivity index (χ1v) is 8.64. The van der Waals surface area contributed by atoms with Gasteiger partial charge in [0, 0.05) is 11.3 Å². The summed E-state index contributed by atoms with van der Waals surface area (Å²) < 4.78 is 0. The summed E-state index contributed by atoms with van der Waals surface area (Å²) in [6.45, 7) is 4.00. The number of aryl methyl sites for hydroxylation is 2. The molecule has 120 valence electrons. The van der Waals surface area contributed by atoms with Crippen molar-refractivity contribution in [1.82, 2.24) is 9.97 Å². The third kappa shape index (κ3) is 3.47. The van der Waals surface area contributed by atoms with Crippen molar-refractivity contribution in [3.8, 4) is 0 Å². The Morgan fingerprint density at radius 3 is 3.00 bits per heavy atom. The van der Waals surface area contributed by atoms with Gasteiger partial charge in [0.2, 0.25) is 5.91 Å². The number of thioether (sulfide) groups is 1. The maximum Gasteiger partial charge on any atom is 0.254 e. The molecule has 1 aliphatic carbocycles. The molecule has 0 saturated heterocycles. The first-order valence-electron chi connectivity index (χ1n) is 7.65. The monoisotopic (exact) mass is 329 g/mol. The Kier molecular flexibility index (Phi) is 4.52.